The van der Waals surface area contributed by atoms with Gasteiger partial charge >= 0.3 is 0 Å². The molecule has 1 fully saturated rings. The maximum absolute atomic E-state index is 9.25. The Morgan fingerprint density at radius 1 is 1.65 bits per heavy atom. The zero-order valence-electron chi connectivity index (χ0n) is 9.77. The van der Waals surface area contributed by atoms with Gasteiger partial charge in [-0.05, 0) is 40.9 Å². The molecule has 0 aliphatic carbocycles. The van der Waals surface area contributed by atoms with Crippen molar-refractivity contribution >= 4 is 33.5 Å². The van der Waals surface area contributed by atoms with Gasteiger partial charge in [0, 0.05) is 25.9 Å². The normalized spacial score (nSPS) is 20.6. The van der Waals surface area contributed by atoms with Crippen LogP contribution >= 0.6 is 27.7 Å². The molecule has 1 atom stereocenters. The number of halogens is 1. The summed E-state index contributed by atoms with van der Waals surface area (Å²) in [6, 6.07) is 0. The molecule has 94 valence electrons. The van der Waals surface area contributed by atoms with E-state index in [9.17, 15) is 5.11 Å². The fourth-order valence-corrected chi connectivity index (χ4v) is 2.85. The Balaban J connectivity index is 2.20. The predicted octanol–water partition coefficient (Wildman–Crippen LogP) is 2.17. The van der Waals surface area contributed by atoms with Crippen molar-refractivity contribution in [2.75, 3.05) is 30.9 Å². The summed E-state index contributed by atoms with van der Waals surface area (Å²) in [6.07, 6.45) is 5.98. The number of aliphatic hydroxyl groups is 1. The van der Waals surface area contributed by atoms with Gasteiger partial charge in [-0.15, -0.1) is 0 Å². The molecule has 1 aliphatic heterocycles. The smallest absolute Gasteiger partial charge is 0.189 e. The lowest BCUT2D eigenvalue weighted by molar-refractivity contribution is 0.208. The molecule has 0 radical (unpaired) electrons. The Hall–Kier alpha value is -0.330. The van der Waals surface area contributed by atoms with E-state index >= 15 is 0 Å². The minimum absolute atomic E-state index is 0.259. The van der Waals surface area contributed by atoms with Gasteiger partial charge < -0.3 is 10.0 Å². The molecule has 2 rings (SSSR count). The molecule has 1 aromatic rings. The van der Waals surface area contributed by atoms with Crippen molar-refractivity contribution < 1.29 is 5.11 Å². The molecule has 2 heterocycles. The van der Waals surface area contributed by atoms with Crippen LogP contribution in [0.3, 0.4) is 0 Å². The third-order valence-electron chi connectivity index (χ3n) is 2.96. The van der Waals surface area contributed by atoms with Gasteiger partial charge in [-0.3, -0.25) is 0 Å². The quantitative estimate of drug-likeness (QED) is 0.684. The Morgan fingerprint density at radius 2 is 2.47 bits per heavy atom. The summed E-state index contributed by atoms with van der Waals surface area (Å²) in [4.78, 5) is 11.0. The summed E-state index contributed by atoms with van der Waals surface area (Å²) in [6.45, 7) is 2.13. The van der Waals surface area contributed by atoms with Crippen molar-refractivity contribution in [2.24, 2.45) is 5.92 Å². The molecular weight excluding hydrogens is 302 g/mol. The number of aliphatic hydroxyl groups excluding tert-OH is 1. The summed E-state index contributed by atoms with van der Waals surface area (Å²) < 4.78 is 0.925. The number of rotatable bonds is 3. The number of aromatic nitrogens is 2. The van der Waals surface area contributed by atoms with Gasteiger partial charge in [-0.2, -0.15) is 0 Å². The molecule has 0 aromatic carbocycles. The zero-order valence-corrected chi connectivity index (χ0v) is 12.2. The molecular formula is C11H16BrN3OS. The van der Waals surface area contributed by atoms with E-state index in [0.717, 1.165) is 41.4 Å². The first-order chi connectivity index (χ1) is 8.24. The van der Waals surface area contributed by atoms with Gasteiger partial charge in [0.25, 0.3) is 0 Å². The standard InChI is InChI=1S/C11H16BrN3OS/c1-17-11-13-5-9(12)10(14-11)15-4-2-3-8(6-15)7-16/h5,8,16H,2-4,6-7H2,1H3. The first-order valence-corrected chi connectivity index (χ1v) is 7.68. The van der Waals surface area contributed by atoms with Crippen LogP contribution in [-0.2, 0) is 0 Å². The largest absolute Gasteiger partial charge is 0.396 e. The van der Waals surface area contributed by atoms with Crippen LogP contribution in [0.1, 0.15) is 12.8 Å². The van der Waals surface area contributed by atoms with Crippen LogP contribution in [0.4, 0.5) is 5.82 Å². The third-order valence-corrected chi connectivity index (χ3v) is 4.08. The van der Waals surface area contributed by atoms with Crippen LogP contribution in [0.2, 0.25) is 0 Å². The van der Waals surface area contributed by atoms with Crippen molar-refractivity contribution in [3.63, 3.8) is 0 Å². The van der Waals surface area contributed by atoms with Crippen LogP contribution < -0.4 is 4.90 Å². The van der Waals surface area contributed by atoms with Gasteiger partial charge in [0.2, 0.25) is 0 Å². The van der Waals surface area contributed by atoms with Crippen LogP contribution in [0.5, 0.6) is 0 Å². The van der Waals surface area contributed by atoms with Crippen LogP contribution in [0.25, 0.3) is 0 Å². The van der Waals surface area contributed by atoms with Crippen LogP contribution in [0, 0.1) is 5.92 Å². The highest BCUT2D eigenvalue weighted by molar-refractivity contribution is 9.10. The number of anilines is 1. The summed E-state index contributed by atoms with van der Waals surface area (Å²) in [5.41, 5.74) is 0. The molecule has 1 aromatic heterocycles. The SMILES string of the molecule is CSc1ncc(Br)c(N2CCCC(CO)C2)n1. The molecule has 1 saturated heterocycles. The first kappa shape index (κ1) is 13.1. The molecule has 0 saturated carbocycles. The van der Waals surface area contributed by atoms with Gasteiger partial charge in [0.05, 0.1) is 4.47 Å². The third kappa shape index (κ3) is 3.11. The van der Waals surface area contributed by atoms with E-state index in [1.807, 2.05) is 6.26 Å². The second kappa shape index (κ2) is 6.02. The minimum Gasteiger partial charge on any atom is -0.396 e. The summed E-state index contributed by atoms with van der Waals surface area (Å²) in [5.74, 6) is 1.31. The first-order valence-electron chi connectivity index (χ1n) is 5.67. The highest BCUT2D eigenvalue weighted by atomic mass is 79.9. The number of nitrogens with zero attached hydrogens (tertiary/aromatic N) is 3. The predicted molar refractivity (Wildman–Crippen MR) is 73.5 cm³/mol. The van der Waals surface area contributed by atoms with E-state index in [1.165, 1.54) is 0 Å². The van der Waals surface area contributed by atoms with Crippen LogP contribution in [-0.4, -0.2) is 41.0 Å². The van der Waals surface area contributed by atoms with Crippen molar-refractivity contribution in [2.45, 2.75) is 18.0 Å². The van der Waals surface area contributed by atoms with Gasteiger partial charge in [-0.1, -0.05) is 11.8 Å². The number of thioether (sulfide) groups is 1. The van der Waals surface area contributed by atoms with Crippen molar-refractivity contribution in [1.82, 2.24) is 9.97 Å². The van der Waals surface area contributed by atoms with Crippen molar-refractivity contribution in [3.8, 4) is 0 Å². The minimum atomic E-state index is 0.259. The lowest BCUT2D eigenvalue weighted by Gasteiger charge is -2.33. The second-order valence-corrected chi connectivity index (χ2v) is 5.79. The topological polar surface area (TPSA) is 49.2 Å². The van der Waals surface area contributed by atoms with E-state index in [0.29, 0.717) is 5.92 Å². The fraction of sp³-hybridized carbons (Fsp3) is 0.636. The Kier molecular flexibility index (Phi) is 4.64. The van der Waals surface area contributed by atoms with Gasteiger partial charge in [0.15, 0.2) is 5.16 Å². The van der Waals surface area contributed by atoms with Crippen molar-refractivity contribution in [3.05, 3.63) is 10.7 Å². The summed E-state index contributed by atoms with van der Waals surface area (Å²) in [7, 11) is 0. The summed E-state index contributed by atoms with van der Waals surface area (Å²) in [5, 5.41) is 10.0. The molecule has 1 N–H and O–H groups in total. The molecule has 6 heteroatoms. The highest BCUT2D eigenvalue weighted by Gasteiger charge is 2.22. The van der Waals surface area contributed by atoms with Crippen molar-refractivity contribution in [1.29, 1.82) is 0 Å². The van der Waals surface area contributed by atoms with Gasteiger partial charge in [-0.25, -0.2) is 9.97 Å². The maximum Gasteiger partial charge on any atom is 0.189 e. The highest BCUT2D eigenvalue weighted by Crippen LogP contribution is 2.28. The van der Waals surface area contributed by atoms with E-state index in [-0.39, 0.29) is 6.61 Å². The van der Waals surface area contributed by atoms with E-state index in [4.69, 9.17) is 0 Å². The number of hydrogen-bond acceptors (Lipinski definition) is 5. The van der Waals surface area contributed by atoms with E-state index < -0.39 is 0 Å². The fourth-order valence-electron chi connectivity index (χ4n) is 2.07. The Bertz CT molecular complexity index is 391. The maximum atomic E-state index is 9.25. The lowest BCUT2D eigenvalue weighted by atomic mass is 9.99. The second-order valence-electron chi connectivity index (χ2n) is 4.17. The van der Waals surface area contributed by atoms with E-state index in [2.05, 4.69) is 30.8 Å². The summed E-state index contributed by atoms with van der Waals surface area (Å²) >= 11 is 5.04. The van der Waals surface area contributed by atoms with Crippen LogP contribution in [0.15, 0.2) is 15.8 Å². The zero-order chi connectivity index (χ0) is 12.3. The van der Waals surface area contributed by atoms with E-state index in [1.54, 1.807) is 18.0 Å². The molecule has 0 amide bonds. The molecule has 0 spiro atoms. The lowest BCUT2D eigenvalue weighted by Crippen LogP contribution is -2.37. The Labute approximate surface area is 114 Å². The molecule has 0 bridgehead atoms. The molecule has 1 aliphatic rings. The molecule has 17 heavy (non-hydrogen) atoms. The molecule has 4 nitrogen and oxygen atoms in total. The van der Waals surface area contributed by atoms with Gasteiger partial charge in [0.1, 0.15) is 5.82 Å². The number of hydrogen-bond donors (Lipinski definition) is 1. The Morgan fingerprint density at radius 3 is 3.18 bits per heavy atom. The average Bonchev–Trinajstić information content (AvgIpc) is 2.39. The molecule has 1 unspecified atom stereocenters. The monoisotopic (exact) mass is 317 g/mol. The average molecular weight is 318 g/mol. The number of piperidine rings is 1.